The van der Waals surface area contributed by atoms with Crippen LogP contribution in [0.1, 0.15) is 79.6 Å². The Hall–Kier alpha value is -0.0400. The third-order valence-corrected chi connectivity index (χ3v) is 4.87. The van der Waals surface area contributed by atoms with Gasteiger partial charge in [-0.05, 0) is 43.4 Å². The highest BCUT2D eigenvalue weighted by atomic mass is 15.0. The molecule has 0 bridgehead atoms. The van der Waals surface area contributed by atoms with E-state index >= 15 is 0 Å². The fraction of sp³-hybridized carbons (Fsp3) is 1.00. The standard InChI is InChI=1S/C17H35N/c1-6-8-9-15(7-2)18-17-12-14(5)10-11-16(17)13(3)4/h13-18H,6-12H2,1-5H3. The molecule has 1 heteroatoms. The first kappa shape index (κ1) is 16.0. The van der Waals surface area contributed by atoms with Crippen molar-refractivity contribution in [3.8, 4) is 0 Å². The van der Waals surface area contributed by atoms with Crippen LogP contribution in [-0.2, 0) is 0 Å². The molecule has 1 fully saturated rings. The lowest BCUT2D eigenvalue weighted by molar-refractivity contribution is 0.155. The first-order valence-corrected chi connectivity index (χ1v) is 8.34. The Kier molecular flexibility index (Phi) is 7.29. The average Bonchev–Trinajstić information content (AvgIpc) is 2.34. The summed E-state index contributed by atoms with van der Waals surface area (Å²) in [4.78, 5) is 0. The molecule has 1 N–H and O–H groups in total. The van der Waals surface area contributed by atoms with Gasteiger partial charge in [-0.25, -0.2) is 0 Å². The highest BCUT2D eigenvalue weighted by molar-refractivity contribution is 4.87. The molecule has 0 radical (unpaired) electrons. The van der Waals surface area contributed by atoms with Crippen LogP contribution in [0.3, 0.4) is 0 Å². The van der Waals surface area contributed by atoms with Crippen LogP contribution in [0.25, 0.3) is 0 Å². The molecule has 4 unspecified atom stereocenters. The van der Waals surface area contributed by atoms with E-state index in [1.165, 1.54) is 44.9 Å². The Morgan fingerprint density at radius 1 is 1.17 bits per heavy atom. The molecule has 0 saturated heterocycles. The zero-order valence-corrected chi connectivity index (χ0v) is 13.3. The Labute approximate surface area is 115 Å². The predicted molar refractivity (Wildman–Crippen MR) is 81.9 cm³/mol. The van der Waals surface area contributed by atoms with Crippen molar-refractivity contribution in [1.29, 1.82) is 0 Å². The number of hydrogen-bond acceptors (Lipinski definition) is 1. The summed E-state index contributed by atoms with van der Waals surface area (Å²) in [6.07, 6.45) is 9.62. The van der Waals surface area contributed by atoms with Crippen LogP contribution in [0.2, 0.25) is 0 Å². The summed E-state index contributed by atoms with van der Waals surface area (Å²) in [7, 11) is 0. The predicted octanol–water partition coefficient (Wildman–Crippen LogP) is 5.01. The van der Waals surface area contributed by atoms with Crippen LogP contribution >= 0.6 is 0 Å². The van der Waals surface area contributed by atoms with Gasteiger partial charge in [-0.2, -0.15) is 0 Å². The lowest BCUT2D eigenvalue weighted by Gasteiger charge is -2.40. The van der Waals surface area contributed by atoms with Crippen molar-refractivity contribution in [2.75, 3.05) is 0 Å². The smallest absolute Gasteiger partial charge is 0.0103 e. The maximum atomic E-state index is 4.00. The molecule has 0 aromatic carbocycles. The van der Waals surface area contributed by atoms with Crippen LogP contribution in [-0.4, -0.2) is 12.1 Å². The Morgan fingerprint density at radius 3 is 2.44 bits per heavy atom. The van der Waals surface area contributed by atoms with Crippen molar-refractivity contribution < 1.29 is 0 Å². The summed E-state index contributed by atoms with van der Waals surface area (Å²) in [5.41, 5.74) is 0. The Balaban J connectivity index is 2.52. The van der Waals surface area contributed by atoms with E-state index in [0.717, 1.165) is 29.8 Å². The van der Waals surface area contributed by atoms with Crippen molar-refractivity contribution in [2.24, 2.45) is 17.8 Å². The zero-order chi connectivity index (χ0) is 13.5. The average molecular weight is 253 g/mol. The molecule has 1 aliphatic carbocycles. The summed E-state index contributed by atoms with van der Waals surface area (Å²) in [6.45, 7) is 11.9. The van der Waals surface area contributed by atoms with E-state index < -0.39 is 0 Å². The molecule has 0 heterocycles. The van der Waals surface area contributed by atoms with Gasteiger partial charge in [0.2, 0.25) is 0 Å². The second-order valence-electron chi connectivity index (χ2n) is 6.85. The van der Waals surface area contributed by atoms with E-state index in [1.807, 2.05) is 0 Å². The molecule has 1 nitrogen and oxygen atoms in total. The minimum atomic E-state index is 0.751. The lowest BCUT2D eigenvalue weighted by atomic mass is 9.73. The maximum absolute atomic E-state index is 4.00. The van der Waals surface area contributed by atoms with Gasteiger partial charge in [0.15, 0.2) is 0 Å². The van der Waals surface area contributed by atoms with Crippen LogP contribution in [0.4, 0.5) is 0 Å². The summed E-state index contributed by atoms with van der Waals surface area (Å²) in [6, 6.07) is 1.53. The molecule has 0 aromatic rings. The van der Waals surface area contributed by atoms with Crippen molar-refractivity contribution in [3.63, 3.8) is 0 Å². The van der Waals surface area contributed by atoms with E-state index in [2.05, 4.69) is 39.9 Å². The molecule has 108 valence electrons. The summed E-state index contributed by atoms with van der Waals surface area (Å²) in [5, 5.41) is 4.00. The number of unbranched alkanes of at least 4 members (excludes halogenated alkanes) is 1. The zero-order valence-electron chi connectivity index (χ0n) is 13.3. The Bertz CT molecular complexity index is 212. The second-order valence-corrected chi connectivity index (χ2v) is 6.85. The highest BCUT2D eigenvalue weighted by Crippen LogP contribution is 2.34. The monoisotopic (exact) mass is 253 g/mol. The largest absolute Gasteiger partial charge is 0.311 e. The van der Waals surface area contributed by atoms with Gasteiger partial charge < -0.3 is 5.32 Å². The van der Waals surface area contributed by atoms with E-state index in [4.69, 9.17) is 0 Å². The van der Waals surface area contributed by atoms with Crippen LogP contribution in [0.5, 0.6) is 0 Å². The molecule has 4 atom stereocenters. The van der Waals surface area contributed by atoms with E-state index in [0.29, 0.717) is 0 Å². The third-order valence-electron chi connectivity index (χ3n) is 4.87. The van der Waals surface area contributed by atoms with Gasteiger partial charge in [-0.3, -0.25) is 0 Å². The maximum Gasteiger partial charge on any atom is 0.0103 e. The summed E-state index contributed by atoms with van der Waals surface area (Å²) in [5.74, 6) is 2.65. The first-order chi connectivity index (χ1) is 8.58. The van der Waals surface area contributed by atoms with Gasteiger partial charge in [0.25, 0.3) is 0 Å². The normalized spacial score (nSPS) is 30.7. The fourth-order valence-corrected chi connectivity index (χ4v) is 3.55. The van der Waals surface area contributed by atoms with Crippen LogP contribution < -0.4 is 5.32 Å². The number of nitrogens with one attached hydrogen (secondary N) is 1. The van der Waals surface area contributed by atoms with E-state index in [-0.39, 0.29) is 0 Å². The molecule has 1 aliphatic rings. The highest BCUT2D eigenvalue weighted by Gasteiger charge is 2.31. The number of hydrogen-bond donors (Lipinski definition) is 1. The molecule has 18 heavy (non-hydrogen) atoms. The second kappa shape index (κ2) is 8.19. The Morgan fingerprint density at radius 2 is 1.89 bits per heavy atom. The van der Waals surface area contributed by atoms with Crippen LogP contribution in [0, 0.1) is 17.8 Å². The molecule has 1 saturated carbocycles. The quantitative estimate of drug-likeness (QED) is 0.673. The molecular weight excluding hydrogens is 218 g/mol. The molecule has 0 aliphatic heterocycles. The van der Waals surface area contributed by atoms with Crippen molar-refractivity contribution >= 4 is 0 Å². The van der Waals surface area contributed by atoms with Gasteiger partial charge in [-0.15, -0.1) is 0 Å². The molecular formula is C17H35N. The topological polar surface area (TPSA) is 12.0 Å². The van der Waals surface area contributed by atoms with Crippen LogP contribution in [0.15, 0.2) is 0 Å². The molecule has 0 spiro atoms. The van der Waals surface area contributed by atoms with Gasteiger partial charge in [0.1, 0.15) is 0 Å². The molecule has 0 amide bonds. The van der Waals surface area contributed by atoms with Gasteiger partial charge in [-0.1, -0.05) is 53.9 Å². The van der Waals surface area contributed by atoms with Crippen molar-refractivity contribution in [3.05, 3.63) is 0 Å². The van der Waals surface area contributed by atoms with Crippen molar-refractivity contribution in [2.45, 2.75) is 91.6 Å². The third kappa shape index (κ3) is 4.91. The fourth-order valence-electron chi connectivity index (χ4n) is 3.55. The van der Waals surface area contributed by atoms with E-state index in [9.17, 15) is 0 Å². The van der Waals surface area contributed by atoms with Gasteiger partial charge in [0, 0.05) is 12.1 Å². The molecule has 1 rings (SSSR count). The summed E-state index contributed by atoms with van der Waals surface area (Å²) >= 11 is 0. The first-order valence-electron chi connectivity index (χ1n) is 8.34. The van der Waals surface area contributed by atoms with Gasteiger partial charge >= 0.3 is 0 Å². The lowest BCUT2D eigenvalue weighted by Crippen LogP contribution is -2.47. The van der Waals surface area contributed by atoms with Crippen molar-refractivity contribution in [1.82, 2.24) is 5.32 Å². The number of rotatable bonds is 7. The van der Waals surface area contributed by atoms with Gasteiger partial charge in [0.05, 0.1) is 0 Å². The SMILES string of the molecule is CCCCC(CC)NC1CC(C)CCC1C(C)C. The minimum absolute atomic E-state index is 0.751. The van der Waals surface area contributed by atoms with E-state index in [1.54, 1.807) is 0 Å². The minimum Gasteiger partial charge on any atom is -0.311 e. The molecule has 0 aromatic heterocycles. The summed E-state index contributed by atoms with van der Waals surface area (Å²) < 4.78 is 0.